The van der Waals surface area contributed by atoms with Crippen LogP contribution in [0.1, 0.15) is 11.1 Å². The largest absolute Gasteiger partial charge is 0.451 e. The van der Waals surface area contributed by atoms with Crippen molar-refractivity contribution in [3.05, 3.63) is 57.6 Å². The minimum Gasteiger partial charge on any atom is -0.451 e. The number of amidine groups is 1. The summed E-state index contributed by atoms with van der Waals surface area (Å²) >= 11 is 3.32. The molecule has 4 nitrogen and oxygen atoms in total. The van der Waals surface area contributed by atoms with Gasteiger partial charge in [-0.05, 0) is 42.8 Å². The van der Waals surface area contributed by atoms with Crippen molar-refractivity contribution < 1.29 is 18.7 Å². The fourth-order valence-electron chi connectivity index (χ4n) is 1.66. The van der Waals surface area contributed by atoms with Crippen LogP contribution in [-0.2, 0) is 0 Å². The summed E-state index contributed by atoms with van der Waals surface area (Å²) in [5.41, 5.74) is 6.08. The molecule has 0 spiro atoms. The first-order chi connectivity index (χ1) is 9.92. The van der Waals surface area contributed by atoms with Gasteiger partial charge in [-0.15, -0.1) is 0 Å². The Balaban J connectivity index is 2.38. The quantitative estimate of drug-likeness (QED) is 0.379. The molecule has 110 valence electrons. The summed E-state index contributed by atoms with van der Waals surface area (Å²) in [7, 11) is 0. The summed E-state index contributed by atoms with van der Waals surface area (Å²) in [6.07, 6.45) is 0. The topological polar surface area (TPSA) is 67.8 Å². The van der Waals surface area contributed by atoms with Gasteiger partial charge in [-0.25, -0.2) is 8.78 Å². The highest BCUT2D eigenvalue weighted by Gasteiger charge is 2.15. The number of hydrogen-bond acceptors (Lipinski definition) is 3. The lowest BCUT2D eigenvalue weighted by molar-refractivity contribution is 0.318. The van der Waals surface area contributed by atoms with Crippen LogP contribution in [0.5, 0.6) is 11.5 Å². The molecule has 2 rings (SSSR count). The number of rotatable bonds is 3. The highest BCUT2D eigenvalue weighted by molar-refractivity contribution is 9.10. The minimum atomic E-state index is -0.947. The van der Waals surface area contributed by atoms with E-state index in [0.717, 1.165) is 22.2 Å². The first-order valence-electron chi connectivity index (χ1n) is 5.83. The molecular formula is C14H11BrF2N2O2. The number of halogens is 3. The van der Waals surface area contributed by atoms with Crippen LogP contribution in [-0.4, -0.2) is 11.0 Å². The number of aryl methyl sites for hydroxylation is 1. The first-order valence-corrected chi connectivity index (χ1v) is 6.62. The van der Waals surface area contributed by atoms with Crippen LogP contribution in [0, 0.1) is 18.6 Å². The third kappa shape index (κ3) is 3.30. The van der Waals surface area contributed by atoms with Crippen molar-refractivity contribution in [1.82, 2.24) is 0 Å². The number of hydrogen-bond donors (Lipinski definition) is 2. The number of nitrogens with two attached hydrogens (primary N) is 1. The Kier molecular flexibility index (Phi) is 4.42. The Morgan fingerprint density at radius 2 is 1.86 bits per heavy atom. The molecule has 0 saturated heterocycles. The van der Waals surface area contributed by atoms with Crippen LogP contribution in [0.2, 0.25) is 0 Å². The van der Waals surface area contributed by atoms with Crippen LogP contribution in [0.15, 0.2) is 40.0 Å². The lowest BCUT2D eigenvalue weighted by Gasteiger charge is -2.10. The van der Waals surface area contributed by atoms with E-state index in [1.54, 1.807) is 18.2 Å². The highest BCUT2D eigenvalue weighted by atomic mass is 79.9. The number of benzene rings is 2. The summed E-state index contributed by atoms with van der Waals surface area (Å²) in [4.78, 5) is 0. The molecule has 0 radical (unpaired) electrons. The Bertz CT molecular complexity index is 697. The van der Waals surface area contributed by atoms with Crippen molar-refractivity contribution in [2.75, 3.05) is 0 Å². The maximum Gasteiger partial charge on any atom is 0.198 e. The molecular weight excluding hydrogens is 346 g/mol. The van der Waals surface area contributed by atoms with Crippen molar-refractivity contribution in [3.63, 3.8) is 0 Å². The Morgan fingerprint density at radius 3 is 2.38 bits per heavy atom. The van der Waals surface area contributed by atoms with Crippen LogP contribution in [0.3, 0.4) is 0 Å². The smallest absolute Gasteiger partial charge is 0.198 e. The molecule has 21 heavy (non-hydrogen) atoms. The molecule has 0 aliphatic rings. The number of ether oxygens (including phenoxy) is 1. The predicted octanol–water partition coefficient (Wildman–Crippen LogP) is 3.92. The van der Waals surface area contributed by atoms with Crippen molar-refractivity contribution in [1.29, 1.82) is 0 Å². The molecule has 7 heteroatoms. The molecule has 3 N–H and O–H groups in total. The number of nitrogens with zero attached hydrogens (tertiary/aromatic N) is 1. The van der Waals surface area contributed by atoms with Gasteiger partial charge in [-0.1, -0.05) is 21.1 Å². The summed E-state index contributed by atoms with van der Waals surface area (Å²) in [5, 5.41) is 11.2. The average Bonchev–Trinajstić information content (AvgIpc) is 2.45. The Labute approximate surface area is 128 Å². The van der Waals surface area contributed by atoms with E-state index in [1.807, 2.05) is 6.92 Å². The van der Waals surface area contributed by atoms with Crippen LogP contribution < -0.4 is 10.5 Å². The van der Waals surface area contributed by atoms with Crippen LogP contribution >= 0.6 is 15.9 Å². The van der Waals surface area contributed by atoms with Gasteiger partial charge in [-0.3, -0.25) is 0 Å². The molecule has 0 aliphatic carbocycles. The lowest BCUT2D eigenvalue weighted by atomic mass is 10.2. The molecule has 0 heterocycles. The predicted molar refractivity (Wildman–Crippen MR) is 77.8 cm³/mol. The molecule has 2 aromatic rings. The van der Waals surface area contributed by atoms with Crippen molar-refractivity contribution in [3.8, 4) is 11.5 Å². The average molecular weight is 357 g/mol. The van der Waals surface area contributed by atoms with E-state index in [0.29, 0.717) is 5.75 Å². The molecule has 0 amide bonds. The molecule has 0 fully saturated rings. The summed E-state index contributed by atoms with van der Waals surface area (Å²) in [6, 6.07) is 6.79. The van der Waals surface area contributed by atoms with Crippen molar-refractivity contribution in [2.45, 2.75) is 6.92 Å². The minimum absolute atomic E-state index is 0.0770. The van der Waals surface area contributed by atoms with Crippen LogP contribution in [0.25, 0.3) is 0 Å². The van der Waals surface area contributed by atoms with Crippen molar-refractivity contribution >= 4 is 21.8 Å². The molecule has 0 aromatic heterocycles. The van der Waals surface area contributed by atoms with Gasteiger partial charge in [-0.2, -0.15) is 0 Å². The first kappa shape index (κ1) is 15.2. The van der Waals surface area contributed by atoms with Gasteiger partial charge < -0.3 is 15.7 Å². The maximum absolute atomic E-state index is 13.9. The SMILES string of the molecule is Cc1cc(Oc2c(F)cc(/C(N)=N/O)cc2F)ccc1Br. The maximum atomic E-state index is 13.9. The zero-order valence-corrected chi connectivity index (χ0v) is 12.5. The second kappa shape index (κ2) is 6.09. The van der Waals surface area contributed by atoms with E-state index in [2.05, 4.69) is 21.1 Å². The lowest BCUT2D eigenvalue weighted by Crippen LogP contribution is -2.14. The zero-order chi connectivity index (χ0) is 15.6. The molecule has 0 saturated carbocycles. The van der Waals surface area contributed by atoms with Gasteiger partial charge in [0, 0.05) is 10.0 Å². The third-order valence-corrected chi connectivity index (χ3v) is 3.64. The Hall–Kier alpha value is -2.15. The van der Waals surface area contributed by atoms with Gasteiger partial charge >= 0.3 is 0 Å². The second-order valence-corrected chi connectivity index (χ2v) is 5.12. The van der Waals surface area contributed by atoms with Gasteiger partial charge in [0.05, 0.1) is 0 Å². The third-order valence-electron chi connectivity index (χ3n) is 2.75. The van der Waals surface area contributed by atoms with E-state index in [1.165, 1.54) is 0 Å². The van der Waals surface area contributed by atoms with E-state index in [9.17, 15) is 8.78 Å². The van der Waals surface area contributed by atoms with Crippen LogP contribution in [0.4, 0.5) is 8.78 Å². The van der Waals surface area contributed by atoms with Gasteiger partial charge in [0.25, 0.3) is 0 Å². The number of oxime groups is 1. The van der Waals surface area contributed by atoms with Gasteiger partial charge in [0.1, 0.15) is 5.75 Å². The highest BCUT2D eigenvalue weighted by Crippen LogP contribution is 2.30. The molecule has 0 aliphatic heterocycles. The summed E-state index contributed by atoms with van der Waals surface area (Å²) in [5.74, 6) is -2.54. The van der Waals surface area contributed by atoms with E-state index in [4.69, 9.17) is 15.7 Å². The molecule has 0 bridgehead atoms. The fourth-order valence-corrected chi connectivity index (χ4v) is 1.91. The normalized spacial score (nSPS) is 11.5. The summed E-state index contributed by atoms with van der Waals surface area (Å²) in [6.45, 7) is 1.82. The molecule has 2 aromatic carbocycles. The Morgan fingerprint density at radius 1 is 1.24 bits per heavy atom. The molecule has 0 unspecified atom stereocenters. The second-order valence-electron chi connectivity index (χ2n) is 4.27. The monoisotopic (exact) mass is 356 g/mol. The fraction of sp³-hybridized carbons (Fsp3) is 0.0714. The van der Waals surface area contributed by atoms with Gasteiger partial charge in [0.15, 0.2) is 23.2 Å². The molecule has 0 atom stereocenters. The standard InChI is InChI=1S/C14H11BrF2N2O2/c1-7-4-9(2-3-10(7)15)21-13-11(16)5-8(6-12(13)17)14(18)19-20/h2-6,20H,1H3,(H2,18,19). The summed E-state index contributed by atoms with van der Waals surface area (Å²) < 4.78 is 33.9. The van der Waals surface area contributed by atoms with Crippen molar-refractivity contribution in [2.24, 2.45) is 10.9 Å². The van der Waals surface area contributed by atoms with E-state index < -0.39 is 17.4 Å². The van der Waals surface area contributed by atoms with Gasteiger partial charge in [0.2, 0.25) is 0 Å². The zero-order valence-electron chi connectivity index (χ0n) is 10.9. The van der Waals surface area contributed by atoms with E-state index >= 15 is 0 Å². The van der Waals surface area contributed by atoms with E-state index in [-0.39, 0.29) is 11.4 Å².